The van der Waals surface area contributed by atoms with E-state index < -0.39 is 6.10 Å². The van der Waals surface area contributed by atoms with Gasteiger partial charge in [-0.25, -0.2) is 0 Å². The SMILES string of the molecule is COCc1cccc(C(O)C2(CN)CCCOC2)c1. The number of hydrogen-bond acceptors (Lipinski definition) is 4. The van der Waals surface area contributed by atoms with Crippen LogP contribution in [0.25, 0.3) is 0 Å². The van der Waals surface area contributed by atoms with Gasteiger partial charge in [-0.05, 0) is 24.0 Å². The normalized spacial score (nSPS) is 25.2. The number of hydrogen-bond donors (Lipinski definition) is 2. The molecular weight excluding hydrogens is 242 g/mol. The second-order valence-corrected chi connectivity index (χ2v) is 5.30. The van der Waals surface area contributed by atoms with Crippen LogP contribution in [0.1, 0.15) is 30.1 Å². The van der Waals surface area contributed by atoms with E-state index in [4.69, 9.17) is 15.2 Å². The molecule has 4 nitrogen and oxygen atoms in total. The molecule has 4 heteroatoms. The highest BCUT2D eigenvalue weighted by Crippen LogP contribution is 2.40. The maximum Gasteiger partial charge on any atom is 0.0880 e. The minimum Gasteiger partial charge on any atom is -0.388 e. The van der Waals surface area contributed by atoms with Crippen LogP contribution in [0.5, 0.6) is 0 Å². The number of ether oxygens (including phenoxy) is 2. The topological polar surface area (TPSA) is 64.7 Å². The molecule has 0 radical (unpaired) electrons. The molecule has 1 saturated heterocycles. The summed E-state index contributed by atoms with van der Waals surface area (Å²) >= 11 is 0. The average molecular weight is 265 g/mol. The van der Waals surface area contributed by atoms with Crippen molar-refractivity contribution >= 4 is 0 Å². The summed E-state index contributed by atoms with van der Waals surface area (Å²) in [6.07, 6.45) is 1.26. The number of rotatable bonds is 5. The quantitative estimate of drug-likeness (QED) is 0.849. The van der Waals surface area contributed by atoms with Gasteiger partial charge in [-0.2, -0.15) is 0 Å². The first-order valence-electron chi connectivity index (χ1n) is 6.75. The molecule has 0 saturated carbocycles. The average Bonchev–Trinajstić information content (AvgIpc) is 2.48. The Morgan fingerprint density at radius 1 is 1.53 bits per heavy atom. The molecule has 0 aliphatic carbocycles. The summed E-state index contributed by atoms with van der Waals surface area (Å²) in [5.41, 5.74) is 7.50. The van der Waals surface area contributed by atoms with Gasteiger partial charge in [0.25, 0.3) is 0 Å². The number of aliphatic hydroxyl groups is 1. The summed E-state index contributed by atoms with van der Waals surface area (Å²) in [4.78, 5) is 0. The summed E-state index contributed by atoms with van der Waals surface area (Å²) in [5.74, 6) is 0. The number of benzene rings is 1. The maximum absolute atomic E-state index is 10.7. The zero-order chi connectivity index (χ0) is 13.7. The van der Waals surface area contributed by atoms with E-state index in [9.17, 15) is 5.11 Å². The van der Waals surface area contributed by atoms with Gasteiger partial charge in [0.1, 0.15) is 0 Å². The van der Waals surface area contributed by atoms with E-state index in [2.05, 4.69) is 0 Å². The number of methoxy groups -OCH3 is 1. The van der Waals surface area contributed by atoms with Crippen molar-refractivity contribution in [3.8, 4) is 0 Å². The molecule has 0 spiro atoms. The fraction of sp³-hybridized carbons (Fsp3) is 0.600. The van der Waals surface area contributed by atoms with Gasteiger partial charge in [0.2, 0.25) is 0 Å². The van der Waals surface area contributed by atoms with E-state index >= 15 is 0 Å². The predicted molar refractivity (Wildman–Crippen MR) is 73.7 cm³/mol. The summed E-state index contributed by atoms with van der Waals surface area (Å²) < 4.78 is 10.7. The van der Waals surface area contributed by atoms with Crippen molar-refractivity contribution in [1.82, 2.24) is 0 Å². The van der Waals surface area contributed by atoms with Crippen LogP contribution in [0.2, 0.25) is 0 Å². The Morgan fingerprint density at radius 3 is 3.00 bits per heavy atom. The van der Waals surface area contributed by atoms with Crippen molar-refractivity contribution in [2.45, 2.75) is 25.6 Å². The van der Waals surface area contributed by atoms with Gasteiger partial charge in [-0.3, -0.25) is 0 Å². The smallest absolute Gasteiger partial charge is 0.0880 e. The molecule has 1 aromatic carbocycles. The number of nitrogens with two attached hydrogens (primary N) is 1. The van der Waals surface area contributed by atoms with Gasteiger partial charge in [0, 0.05) is 25.7 Å². The van der Waals surface area contributed by atoms with Gasteiger partial charge in [0.15, 0.2) is 0 Å². The zero-order valence-corrected chi connectivity index (χ0v) is 11.5. The van der Waals surface area contributed by atoms with Gasteiger partial charge < -0.3 is 20.3 Å². The van der Waals surface area contributed by atoms with Crippen molar-refractivity contribution in [3.05, 3.63) is 35.4 Å². The molecule has 2 atom stereocenters. The molecule has 2 unspecified atom stereocenters. The first-order chi connectivity index (χ1) is 9.22. The molecule has 0 amide bonds. The molecule has 1 aromatic rings. The Bertz CT molecular complexity index is 402. The van der Waals surface area contributed by atoms with E-state index in [1.807, 2.05) is 24.3 Å². The van der Waals surface area contributed by atoms with E-state index in [1.165, 1.54) is 0 Å². The van der Waals surface area contributed by atoms with Gasteiger partial charge >= 0.3 is 0 Å². The molecule has 1 heterocycles. The van der Waals surface area contributed by atoms with Gasteiger partial charge in [-0.15, -0.1) is 0 Å². The minimum atomic E-state index is -0.588. The van der Waals surface area contributed by atoms with Crippen molar-refractivity contribution in [3.63, 3.8) is 0 Å². The second kappa shape index (κ2) is 6.48. The Kier molecular flexibility index (Phi) is 4.93. The lowest BCUT2D eigenvalue weighted by molar-refractivity contribution is -0.0782. The standard InChI is InChI=1S/C15H23NO3/c1-18-9-12-4-2-5-13(8-12)14(17)15(10-16)6-3-7-19-11-15/h2,4-5,8,14,17H,3,6-7,9-11,16H2,1H3. The first kappa shape index (κ1) is 14.5. The highest BCUT2D eigenvalue weighted by molar-refractivity contribution is 5.26. The zero-order valence-electron chi connectivity index (χ0n) is 11.5. The van der Waals surface area contributed by atoms with Crippen LogP contribution in [0.4, 0.5) is 0 Å². The molecule has 0 bridgehead atoms. The third-order valence-corrected chi connectivity index (χ3v) is 3.92. The summed E-state index contributed by atoms with van der Waals surface area (Å²) in [5, 5.41) is 10.7. The highest BCUT2D eigenvalue weighted by atomic mass is 16.5. The molecule has 2 rings (SSSR count). The highest BCUT2D eigenvalue weighted by Gasteiger charge is 2.39. The van der Waals surface area contributed by atoms with Crippen LogP contribution in [0.3, 0.4) is 0 Å². The van der Waals surface area contributed by atoms with Crippen molar-refractivity contribution < 1.29 is 14.6 Å². The Labute approximate surface area is 114 Å². The van der Waals surface area contributed by atoms with E-state index in [0.717, 1.165) is 30.6 Å². The van der Waals surface area contributed by atoms with Crippen LogP contribution < -0.4 is 5.73 Å². The van der Waals surface area contributed by atoms with Crippen molar-refractivity contribution in [2.75, 3.05) is 26.9 Å². The molecule has 1 aliphatic rings. The van der Waals surface area contributed by atoms with Crippen LogP contribution in [-0.4, -0.2) is 32.0 Å². The lowest BCUT2D eigenvalue weighted by atomic mass is 9.74. The molecule has 1 aliphatic heterocycles. The Morgan fingerprint density at radius 2 is 2.37 bits per heavy atom. The molecule has 3 N–H and O–H groups in total. The molecule has 106 valence electrons. The monoisotopic (exact) mass is 265 g/mol. The third kappa shape index (κ3) is 3.15. The van der Waals surface area contributed by atoms with Crippen molar-refractivity contribution in [2.24, 2.45) is 11.1 Å². The van der Waals surface area contributed by atoms with Crippen LogP contribution >= 0.6 is 0 Å². The van der Waals surface area contributed by atoms with E-state index in [-0.39, 0.29) is 5.41 Å². The fourth-order valence-electron chi connectivity index (χ4n) is 2.74. The van der Waals surface area contributed by atoms with Gasteiger partial charge in [0.05, 0.1) is 19.3 Å². The van der Waals surface area contributed by atoms with E-state index in [1.54, 1.807) is 7.11 Å². The predicted octanol–water partition coefficient (Wildman–Crippen LogP) is 1.62. The first-order valence-corrected chi connectivity index (χ1v) is 6.75. The maximum atomic E-state index is 10.7. The van der Waals surface area contributed by atoms with E-state index in [0.29, 0.717) is 19.8 Å². The molecule has 19 heavy (non-hydrogen) atoms. The van der Waals surface area contributed by atoms with Gasteiger partial charge in [-0.1, -0.05) is 24.3 Å². The minimum absolute atomic E-state index is 0.357. The second-order valence-electron chi connectivity index (χ2n) is 5.30. The fourth-order valence-corrected chi connectivity index (χ4v) is 2.74. The Balaban J connectivity index is 2.21. The lowest BCUT2D eigenvalue weighted by Crippen LogP contribution is -2.43. The lowest BCUT2D eigenvalue weighted by Gasteiger charge is -2.40. The molecule has 0 aromatic heterocycles. The summed E-state index contributed by atoms with van der Waals surface area (Å²) in [6, 6.07) is 7.86. The van der Waals surface area contributed by atoms with Crippen molar-refractivity contribution in [1.29, 1.82) is 0 Å². The molecule has 1 fully saturated rings. The van der Waals surface area contributed by atoms with Crippen LogP contribution in [0, 0.1) is 5.41 Å². The van der Waals surface area contributed by atoms with Crippen LogP contribution in [0.15, 0.2) is 24.3 Å². The summed E-state index contributed by atoms with van der Waals surface area (Å²) in [7, 11) is 1.67. The largest absolute Gasteiger partial charge is 0.388 e. The third-order valence-electron chi connectivity index (χ3n) is 3.92. The van der Waals surface area contributed by atoms with Crippen LogP contribution in [-0.2, 0) is 16.1 Å². The number of aliphatic hydroxyl groups excluding tert-OH is 1. The Hall–Kier alpha value is -0.940. The molecular formula is C15H23NO3. The summed E-state index contributed by atoms with van der Waals surface area (Å²) in [6.45, 7) is 2.27.